The van der Waals surface area contributed by atoms with Crippen molar-refractivity contribution >= 4 is 0 Å². The predicted molar refractivity (Wildman–Crippen MR) is 41.9 cm³/mol. The van der Waals surface area contributed by atoms with E-state index < -0.39 is 0 Å². The normalized spacial score (nSPS) is 26.0. The summed E-state index contributed by atoms with van der Waals surface area (Å²) in [6, 6.07) is -0.0819. The number of hydrogen-bond donors (Lipinski definition) is 2. The molecule has 11 heavy (non-hydrogen) atoms. The standard InChI is InChI=1S/C8H14FNO/c9-7(3-2-6-11)8-4-1-5-10-8/h3,8,10-11H,1-2,4-6H2/b7-3+. The van der Waals surface area contributed by atoms with Crippen LogP contribution in [0.1, 0.15) is 19.3 Å². The van der Waals surface area contributed by atoms with Crippen molar-refractivity contribution in [1.82, 2.24) is 5.32 Å². The molecular weight excluding hydrogens is 145 g/mol. The van der Waals surface area contributed by atoms with Gasteiger partial charge in [-0.15, -0.1) is 0 Å². The molecule has 2 nitrogen and oxygen atoms in total. The van der Waals surface area contributed by atoms with Gasteiger partial charge < -0.3 is 10.4 Å². The van der Waals surface area contributed by atoms with E-state index in [1.165, 1.54) is 6.08 Å². The minimum Gasteiger partial charge on any atom is -0.396 e. The van der Waals surface area contributed by atoms with E-state index in [2.05, 4.69) is 5.32 Å². The summed E-state index contributed by atoms with van der Waals surface area (Å²) in [7, 11) is 0. The van der Waals surface area contributed by atoms with Gasteiger partial charge in [0.2, 0.25) is 0 Å². The Bertz CT molecular complexity index is 141. The Labute approximate surface area is 66.1 Å². The zero-order valence-corrected chi connectivity index (χ0v) is 6.52. The molecule has 0 amide bonds. The van der Waals surface area contributed by atoms with Crippen LogP contribution in [0.25, 0.3) is 0 Å². The third-order valence-electron chi connectivity index (χ3n) is 1.86. The fourth-order valence-corrected chi connectivity index (χ4v) is 1.26. The van der Waals surface area contributed by atoms with Crippen molar-refractivity contribution in [3.63, 3.8) is 0 Å². The van der Waals surface area contributed by atoms with Crippen LogP contribution in [0.4, 0.5) is 4.39 Å². The molecule has 1 fully saturated rings. The smallest absolute Gasteiger partial charge is 0.113 e. The quantitative estimate of drug-likeness (QED) is 0.643. The molecule has 1 unspecified atom stereocenters. The molecule has 0 aliphatic carbocycles. The second kappa shape index (κ2) is 4.46. The van der Waals surface area contributed by atoms with E-state index in [0.29, 0.717) is 6.42 Å². The molecule has 1 saturated heterocycles. The van der Waals surface area contributed by atoms with Crippen LogP contribution in [0.2, 0.25) is 0 Å². The molecular formula is C8H14FNO. The molecule has 1 heterocycles. The van der Waals surface area contributed by atoms with Crippen LogP contribution in [0, 0.1) is 0 Å². The van der Waals surface area contributed by atoms with Crippen molar-refractivity contribution < 1.29 is 9.50 Å². The topological polar surface area (TPSA) is 32.3 Å². The molecule has 0 aromatic rings. The summed E-state index contributed by atoms with van der Waals surface area (Å²) in [6.45, 7) is 0.936. The Morgan fingerprint density at radius 1 is 1.73 bits per heavy atom. The van der Waals surface area contributed by atoms with E-state index in [4.69, 9.17) is 5.11 Å². The van der Waals surface area contributed by atoms with Crippen molar-refractivity contribution in [2.75, 3.05) is 13.2 Å². The zero-order chi connectivity index (χ0) is 8.10. The third kappa shape index (κ3) is 2.60. The average molecular weight is 159 g/mol. The summed E-state index contributed by atoms with van der Waals surface area (Å²) in [4.78, 5) is 0. The van der Waals surface area contributed by atoms with Gasteiger partial charge in [0.05, 0.1) is 6.04 Å². The summed E-state index contributed by atoms with van der Waals surface area (Å²) >= 11 is 0. The predicted octanol–water partition coefficient (Wildman–Crippen LogP) is 0.974. The third-order valence-corrected chi connectivity index (χ3v) is 1.86. The largest absolute Gasteiger partial charge is 0.396 e. The number of halogens is 1. The average Bonchev–Trinajstić information content (AvgIpc) is 2.52. The van der Waals surface area contributed by atoms with Gasteiger partial charge in [0.25, 0.3) is 0 Å². The molecule has 0 aromatic carbocycles. The zero-order valence-electron chi connectivity index (χ0n) is 6.52. The lowest BCUT2D eigenvalue weighted by atomic mass is 10.2. The van der Waals surface area contributed by atoms with Gasteiger partial charge >= 0.3 is 0 Å². The first kappa shape index (κ1) is 8.68. The Kier molecular flexibility index (Phi) is 3.52. The van der Waals surface area contributed by atoms with Crippen LogP contribution in [-0.2, 0) is 0 Å². The number of rotatable bonds is 3. The van der Waals surface area contributed by atoms with E-state index in [0.717, 1.165) is 19.4 Å². The van der Waals surface area contributed by atoms with Gasteiger partial charge in [-0.05, 0) is 31.9 Å². The van der Waals surface area contributed by atoms with E-state index in [-0.39, 0.29) is 18.5 Å². The van der Waals surface area contributed by atoms with Crippen LogP contribution in [0.15, 0.2) is 11.9 Å². The van der Waals surface area contributed by atoms with Gasteiger partial charge in [-0.2, -0.15) is 0 Å². The molecule has 0 saturated carbocycles. The van der Waals surface area contributed by atoms with Gasteiger partial charge in [0, 0.05) is 6.61 Å². The van der Waals surface area contributed by atoms with Crippen molar-refractivity contribution in [3.05, 3.63) is 11.9 Å². The van der Waals surface area contributed by atoms with Gasteiger partial charge in [0.15, 0.2) is 0 Å². The van der Waals surface area contributed by atoms with Crippen molar-refractivity contribution in [1.29, 1.82) is 0 Å². The summed E-state index contributed by atoms with van der Waals surface area (Å²) in [5.74, 6) is -0.114. The summed E-state index contributed by atoms with van der Waals surface area (Å²) in [5, 5.41) is 11.5. The lowest BCUT2D eigenvalue weighted by Crippen LogP contribution is -2.21. The number of hydrogen-bond acceptors (Lipinski definition) is 2. The monoisotopic (exact) mass is 159 g/mol. The maximum atomic E-state index is 13.0. The highest BCUT2D eigenvalue weighted by Crippen LogP contribution is 2.15. The summed E-state index contributed by atoms with van der Waals surface area (Å²) in [6.07, 6.45) is 3.81. The fraction of sp³-hybridized carbons (Fsp3) is 0.750. The molecule has 1 aliphatic rings. The van der Waals surface area contributed by atoms with Crippen LogP contribution in [0.5, 0.6) is 0 Å². The first-order chi connectivity index (χ1) is 5.34. The minimum atomic E-state index is -0.114. The highest BCUT2D eigenvalue weighted by atomic mass is 19.1. The van der Waals surface area contributed by atoms with Crippen molar-refractivity contribution in [2.24, 2.45) is 0 Å². The highest BCUT2D eigenvalue weighted by molar-refractivity contribution is 5.04. The van der Waals surface area contributed by atoms with Gasteiger partial charge in [-0.1, -0.05) is 0 Å². The number of aliphatic hydroxyl groups is 1. The minimum absolute atomic E-state index is 0.0279. The Morgan fingerprint density at radius 3 is 3.09 bits per heavy atom. The van der Waals surface area contributed by atoms with E-state index in [9.17, 15) is 4.39 Å². The Hall–Kier alpha value is -0.410. The molecule has 0 radical (unpaired) electrons. The maximum Gasteiger partial charge on any atom is 0.113 e. The fourth-order valence-electron chi connectivity index (χ4n) is 1.26. The molecule has 64 valence electrons. The number of nitrogens with one attached hydrogen (secondary N) is 1. The van der Waals surface area contributed by atoms with Gasteiger partial charge in [0.1, 0.15) is 5.83 Å². The molecule has 2 N–H and O–H groups in total. The second-order valence-electron chi connectivity index (χ2n) is 2.75. The molecule has 1 aliphatic heterocycles. The van der Waals surface area contributed by atoms with Crippen molar-refractivity contribution in [2.45, 2.75) is 25.3 Å². The summed E-state index contributed by atoms with van der Waals surface area (Å²) < 4.78 is 13.0. The lowest BCUT2D eigenvalue weighted by molar-refractivity contribution is 0.301. The van der Waals surface area contributed by atoms with Crippen LogP contribution in [-0.4, -0.2) is 24.3 Å². The highest BCUT2D eigenvalue weighted by Gasteiger charge is 2.17. The van der Waals surface area contributed by atoms with Crippen LogP contribution >= 0.6 is 0 Å². The molecule has 1 rings (SSSR count). The lowest BCUT2D eigenvalue weighted by Gasteiger charge is -2.05. The van der Waals surface area contributed by atoms with E-state index >= 15 is 0 Å². The number of aliphatic hydroxyl groups excluding tert-OH is 1. The SMILES string of the molecule is OCC/C=C(/F)C1CCCN1. The van der Waals surface area contributed by atoms with Crippen molar-refractivity contribution in [3.8, 4) is 0 Å². The van der Waals surface area contributed by atoms with E-state index in [1.807, 2.05) is 0 Å². The Morgan fingerprint density at radius 2 is 2.55 bits per heavy atom. The molecule has 1 atom stereocenters. The molecule has 0 spiro atoms. The van der Waals surface area contributed by atoms with Crippen LogP contribution in [0.3, 0.4) is 0 Å². The molecule has 0 aromatic heterocycles. The summed E-state index contributed by atoms with van der Waals surface area (Å²) in [5.41, 5.74) is 0. The first-order valence-electron chi connectivity index (χ1n) is 4.04. The Balaban J connectivity index is 2.32. The van der Waals surface area contributed by atoms with Gasteiger partial charge in [-0.25, -0.2) is 4.39 Å². The van der Waals surface area contributed by atoms with Crippen LogP contribution < -0.4 is 5.32 Å². The van der Waals surface area contributed by atoms with Gasteiger partial charge in [-0.3, -0.25) is 0 Å². The first-order valence-corrected chi connectivity index (χ1v) is 4.04. The maximum absolute atomic E-state index is 13.0. The van der Waals surface area contributed by atoms with E-state index in [1.54, 1.807) is 0 Å². The molecule has 3 heteroatoms. The second-order valence-corrected chi connectivity index (χ2v) is 2.75. The molecule has 0 bridgehead atoms.